The van der Waals surface area contributed by atoms with Gasteiger partial charge in [-0.15, -0.1) is 0 Å². The Hall–Kier alpha value is -4.62. The number of carboxylic acid groups (broad SMARTS) is 1. The van der Waals surface area contributed by atoms with Crippen LogP contribution in [0.1, 0.15) is 226 Å². The highest BCUT2D eigenvalue weighted by molar-refractivity contribution is 5.74. The summed E-state index contributed by atoms with van der Waals surface area (Å²) >= 11 is 0. The topological polar surface area (TPSA) is 175 Å². The van der Waals surface area contributed by atoms with Crippen LogP contribution >= 0.6 is 0 Å². The SMILES string of the molecule is CC/C=C\C/C=C\C/C=C\C/C=C\C/C=C\CC(=O)OCC(COC1OC(C(=O)O)C(O)C(O)C1OC(=O)CCCCCCCC/C=C\C/C=C\C/C=C\CCCCC)OC(=O)CCCCCCC/C=C\CCCCCC. The zero-order valence-electron chi connectivity index (χ0n) is 47.9. The first-order chi connectivity index (χ1) is 37.6. The Labute approximate surface area is 465 Å². The highest BCUT2D eigenvalue weighted by atomic mass is 16.7. The van der Waals surface area contributed by atoms with Crippen LogP contribution in [0, 0.1) is 0 Å². The molecular formula is C65H104O12. The van der Waals surface area contributed by atoms with E-state index in [1.165, 1.54) is 44.9 Å². The predicted octanol–water partition coefficient (Wildman–Crippen LogP) is 15.4. The van der Waals surface area contributed by atoms with Crippen molar-refractivity contribution in [3.63, 3.8) is 0 Å². The van der Waals surface area contributed by atoms with E-state index in [-0.39, 0.29) is 25.9 Å². The monoisotopic (exact) mass is 1080 g/mol. The van der Waals surface area contributed by atoms with Crippen LogP contribution in [0.5, 0.6) is 0 Å². The fraction of sp³-hybridized carbons (Fsp3) is 0.662. The summed E-state index contributed by atoms with van der Waals surface area (Å²) < 4.78 is 28.3. The molecule has 0 aromatic carbocycles. The van der Waals surface area contributed by atoms with E-state index >= 15 is 0 Å². The van der Waals surface area contributed by atoms with Crippen LogP contribution in [0.4, 0.5) is 0 Å². The van der Waals surface area contributed by atoms with E-state index in [9.17, 15) is 34.5 Å². The molecule has 0 radical (unpaired) electrons. The molecule has 0 bridgehead atoms. The number of hydrogen-bond donors (Lipinski definition) is 3. The van der Waals surface area contributed by atoms with E-state index in [2.05, 4.69) is 112 Å². The van der Waals surface area contributed by atoms with Crippen molar-refractivity contribution >= 4 is 23.9 Å². The molecule has 1 rings (SSSR count). The maximum Gasteiger partial charge on any atom is 0.335 e. The Bertz CT molecular complexity index is 1750. The minimum atomic E-state index is -1.92. The van der Waals surface area contributed by atoms with Crippen LogP contribution in [-0.4, -0.2) is 89.2 Å². The fourth-order valence-corrected chi connectivity index (χ4v) is 8.26. The minimum Gasteiger partial charge on any atom is -0.479 e. The Kier molecular flexibility index (Phi) is 47.6. The second-order valence-electron chi connectivity index (χ2n) is 19.9. The van der Waals surface area contributed by atoms with E-state index in [0.29, 0.717) is 19.3 Å². The van der Waals surface area contributed by atoms with Gasteiger partial charge in [-0.2, -0.15) is 0 Å². The first kappa shape index (κ1) is 70.4. The standard InChI is InChI=1S/C65H104O12/c1-4-7-10-13-16-19-22-25-27-28-29-30-32-35-38-41-44-47-50-53-59(68)76-63-61(70)60(69)62(64(71)72)77-65(63)74-55-56(75-58(67)52-49-46-43-40-37-33-24-21-18-15-12-9-6-3)54-73-57(66)51-48-45-42-39-36-34-31-26-23-20-17-14-11-8-5-2/h8,11,16-17,19-21,24-27,29-31,36,39,45,48,56,60-63,65,69-70H,4-7,9-10,12-15,18,22-23,28,32-35,37-38,40-44,46-47,49-55H2,1-3H3,(H,71,72)/b11-8-,19-16-,20-17-,24-21-,27-25-,30-29-,31-26-,39-36-,48-45-. The third-order valence-electron chi connectivity index (χ3n) is 12.8. The Morgan fingerprint density at radius 2 is 0.857 bits per heavy atom. The maximum atomic E-state index is 13.1. The van der Waals surface area contributed by atoms with Gasteiger partial charge in [-0.3, -0.25) is 14.4 Å². The van der Waals surface area contributed by atoms with Crippen LogP contribution in [0.15, 0.2) is 109 Å². The number of allylic oxidation sites excluding steroid dienone is 17. The van der Waals surface area contributed by atoms with Crippen molar-refractivity contribution in [3.05, 3.63) is 109 Å². The summed E-state index contributed by atoms with van der Waals surface area (Å²) in [5.41, 5.74) is 0. The molecule has 1 aliphatic rings. The number of esters is 3. The number of hydrogen-bond acceptors (Lipinski definition) is 11. The van der Waals surface area contributed by atoms with Gasteiger partial charge in [0.1, 0.15) is 18.8 Å². The number of carbonyl (C=O) groups is 4. The van der Waals surface area contributed by atoms with Crippen molar-refractivity contribution in [1.82, 2.24) is 0 Å². The lowest BCUT2D eigenvalue weighted by molar-refractivity contribution is -0.301. The van der Waals surface area contributed by atoms with Crippen molar-refractivity contribution in [2.24, 2.45) is 0 Å². The van der Waals surface area contributed by atoms with Crippen LogP contribution in [0.2, 0.25) is 0 Å². The fourth-order valence-electron chi connectivity index (χ4n) is 8.26. The molecule has 1 heterocycles. The molecule has 0 amide bonds. The zero-order valence-corrected chi connectivity index (χ0v) is 47.9. The third kappa shape index (κ3) is 42.1. The van der Waals surface area contributed by atoms with Crippen molar-refractivity contribution in [2.75, 3.05) is 13.2 Å². The number of ether oxygens (including phenoxy) is 5. The summed E-state index contributed by atoms with van der Waals surface area (Å²) in [5, 5.41) is 31.5. The van der Waals surface area contributed by atoms with Gasteiger partial charge in [0, 0.05) is 12.8 Å². The summed E-state index contributed by atoms with van der Waals surface area (Å²) in [6.45, 7) is 5.73. The molecule has 1 saturated heterocycles. The Morgan fingerprint density at radius 3 is 1.35 bits per heavy atom. The maximum absolute atomic E-state index is 13.1. The lowest BCUT2D eigenvalue weighted by atomic mass is 9.98. The molecule has 0 aromatic rings. The van der Waals surface area contributed by atoms with Crippen LogP contribution in [0.25, 0.3) is 0 Å². The van der Waals surface area contributed by atoms with Crippen molar-refractivity contribution in [1.29, 1.82) is 0 Å². The van der Waals surface area contributed by atoms with Gasteiger partial charge in [-0.1, -0.05) is 207 Å². The highest BCUT2D eigenvalue weighted by Crippen LogP contribution is 2.26. The molecule has 12 heteroatoms. The molecule has 0 aliphatic carbocycles. The minimum absolute atomic E-state index is 0.0221. The van der Waals surface area contributed by atoms with Gasteiger partial charge < -0.3 is 39.0 Å². The molecule has 3 N–H and O–H groups in total. The Morgan fingerprint density at radius 1 is 0.455 bits per heavy atom. The van der Waals surface area contributed by atoms with Gasteiger partial charge in [-0.05, 0) is 109 Å². The molecule has 6 unspecified atom stereocenters. The van der Waals surface area contributed by atoms with E-state index in [1.54, 1.807) is 6.08 Å². The molecule has 436 valence electrons. The van der Waals surface area contributed by atoms with Crippen molar-refractivity contribution in [3.8, 4) is 0 Å². The van der Waals surface area contributed by atoms with E-state index in [1.807, 2.05) is 12.2 Å². The van der Waals surface area contributed by atoms with Gasteiger partial charge >= 0.3 is 23.9 Å². The predicted molar refractivity (Wildman–Crippen MR) is 312 cm³/mol. The van der Waals surface area contributed by atoms with E-state index in [0.717, 1.165) is 122 Å². The van der Waals surface area contributed by atoms with Crippen molar-refractivity contribution < 1.29 is 58.2 Å². The molecule has 12 nitrogen and oxygen atoms in total. The van der Waals surface area contributed by atoms with Gasteiger partial charge in [0.25, 0.3) is 0 Å². The molecule has 1 fully saturated rings. The highest BCUT2D eigenvalue weighted by Gasteiger charge is 2.50. The van der Waals surface area contributed by atoms with E-state index < -0.39 is 67.3 Å². The average Bonchev–Trinajstić information content (AvgIpc) is 3.42. The van der Waals surface area contributed by atoms with Crippen LogP contribution < -0.4 is 0 Å². The van der Waals surface area contributed by atoms with Crippen molar-refractivity contribution in [2.45, 2.75) is 263 Å². The smallest absolute Gasteiger partial charge is 0.335 e. The quantitative estimate of drug-likeness (QED) is 0.0228. The summed E-state index contributed by atoms with van der Waals surface area (Å²) in [6, 6.07) is 0. The molecule has 6 atom stereocenters. The first-order valence-electron chi connectivity index (χ1n) is 29.9. The summed E-state index contributed by atoms with van der Waals surface area (Å²) in [5.74, 6) is -3.32. The second kappa shape index (κ2) is 52.1. The van der Waals surface area contributed by atoms with E-state index in [4.69, 9.17) is 23.7 Å². The van der Waals surface area contributed by atoms with Gasteiger partial charge in [-0.25, -0.2) is 4.79 Å². The Balaban J connectivity index is 2.74. The number of carbonyl (C=O) groups excluding carboxylic acids is 3. The summed E-state index contributed by atoms with van der Waals surface area (Å²) in [4.78, 5) is 51.1. The average molecular weight is 1080 g/mol. The summed E-state index contributed by atoms with van der Waals surface area (Å²) in [6.07, 6.45) is 57.9. The lowest BCUT2D eigenvalue weighted by Crippen LogP contribution is -2.61. The zero-order chi connectivity index (χ0) is 56.1. The van der Waals surface area contributed by atoms with Crippen LogP contribution in [0.3, 0.4) is 0 Å². The molecular weight excluding hydrogens is 973 g/mol. The normalized spacial score (nSPS) is 18.8. The molecule has 77 heavy (non-hydrogen) atoms. The number of carboxylic acids is 1. The number of rotatable bonds is 49. The van der Waals surface area contributed by atoms with Gasteiger partial charge in [0.05, 0.1) is 13.0 Å². The molecule has 0 spiro atoms. The lowest BCUT2D eigenvalue weighted by Gasteiger charge is -2.40. The summed E-state index contributed by atoms with van der Waals surface area (Å²) in [7, 11) is 0. The number of aliphatic carboxylic acids is 1. The van der Waals surface area contributed by atoms with Crippen LogP contribution in [-0.2, 0) is 42.9 Å². The largest absolute Gasteiger partial charge is 0.479 e. The van der Waals surface area contributed by atoms with Gasteiger partial charge in [0.15, 0.2) is 24.6 Å². The second-order valence-corrected chi connectivity index (χ2v) is 19.9. The van der Waals surface area contributed by atoms with Gasteiger partial charge in [0.2, 0.25) is 0 Å². The third-order valence-corrected chi connectivity index (χ3v) is 12.8. The number of aliphatic hydroxyl groups is 2. The molecule has 1 aliphatic heterocycles. The number of aliphatic hydroxyl groups excluding tert-OH is 2. The molecule has 0 aromatic heterocycles. The number of unbranched alkanes of at least 4 members (excludes halogenated alkanes) is 18. The molecule has 0 saturated carbocycles. The first-order valence-corrected chi connectivity index (χ1v) is 29.9.